The second-order valence-electron chi connectivity index (χ2n) is 7.22. The fourth-order valence-corrected chi connectivity index (χ4v) is 4.92. The van der Waals surface area contributed by atoms with Crippen molar-refractivity contribution in [3.8, 4) is 0 Å². The van der Waals surface area contributed by atoms with Gasteiger partial charge in [-0.25, -0.2) is 9.59 Å². The van der Waals surface area contributed by atoms with Crippen molar-refractivity contribution in [2.45, 2.75) is 19.8 Å². The Labute approximate surface area is 198 Å². The molecule has 174 valence electrons. The van der Waals surface area contributed by atoms with Crippen LogP contribution in [0.2, 0.25) is 0 Å². The predicted molar refractivity (Wildman–Crippen MR) is 127 cm³/mol. The molecule has 1 aliphatic heterocycles. The number of hydrogen-bond acceptors (Lipinski definition) is 9. The van der Waals surface area contributed by atoms with Gasteiger partial charge in [0.2, 0.25) is 0 Å². The van der Waals surface area contributed by atoms with E-state index in [-0.39, 0.29) is 34.8 Å². The van der Waals surface area contributed by atoms with Gasteiger partial charge in [-0.1, -0.05) is 12.1 Å². The van der Waals surface area contributed by atoms with Crippen LogP contribution >= 0.6 is 11.3 Å². The molecular formula is C24H22N4O5S. The van der Waals surface area contributed by atoms with Crippen molar-refractivity contribution in [1.29, 1.82) is 0 Å². The van der Waals surface area contributed by atoms with Crippen molar-refractivity contribution in [3.63, 3.8) is 0 Å². The number of thiazole rings is 1. The summed E-state index contributed by atoms with van der Waals surface area (Å²) in [6, 6.07) is 6.97. The van der Waals surface area contributed by atoms with Gasteiger partial charge < -0.3 is 15.2 Å². The van der Waals surface area contributed by atoms with Crippen molar-refractivity contribution in [3.05, 3.63) is 85.3 Å². The number of pyridine rings is 2. The summed E-state index contributed by atoms with van der Waals surface area (Å²) in [5, 5.41) is 0. The summed E-state index contributed by atoms with van der Waals surface area (Å²) in [6.45, 7) is 3.55. The van der Waals surface area contributed by atoms with Gasteiger partial charge in [0, 0.05) is 24.8 Å². The second kappa shape index (κ2) is 9.84. The Morgan fingerprint density at radius 2 is 1.71 bits per heavy atom. The molecule has 1 aliphatic rings. The number of fused-ring (bicyclic) bond motifs is 1. The second-order valence-corrected chi connectivity index (χ2v) is 8.25. The van der Waals surface area contributed by atoms with E-state index in [9.17, 15) is 14.4 Å². The highest BCUT2D eigenvalue weighted by Gasteiger charge is 2.40. The van der Waals surface area contributed by atoms with Gasteiger partial charge in [-0.05, 0) is 43.2 Å². The first-order valence-electron chi connectivity index (χ1n) is 10.6. The van der Waals surface area contributed by atoms with Crippen molar-refractivity contribution in [2.24, 2.45) is 5.73 Å². The Morgan fingerprint density at radius 3 is 2.29 bits per heavy atom. The lowest BCUT2D eigenvalue weighted by atomic mass is 9.84. The molecule has 4 heterocycles. The van der Waals surface area contributed by atoms with Crippen molar-refractivity contribution < 1.29 is 19.1 Å². The molecule has 9 nitrogen and oxygen atoms in total. The lowest BCUT2D eigenvalue weighted by Gasteiger charge is -2.26. The summed E-state index contributed by atoms with van der Waals surface area (Å²) in [4.78, 5) is 47.9. The maximum absolute atomic E-state index is 13.4. The zero-order valence-corrected chi connectivity index (χ0v) is 19.4. The Balaban J connectivity index is 2.11. The van der Waals surface area contributed by atoms with Crippen molar-refractivity contribution in [2.75, 3.05) is 13.2 Å². The van der Waals surface area contributed by atoms with Gasteiger partial charge in [0.25, 0.3) is 5.56 Å². The third kappa shape index (κ3) is 4.15. The molecule has 0 saturated carbocycles. The highest BCUT2D eigenvalue weighted by molar-refractivity contribution is 7.07. The van der Waals surface area contributed by atoms with Gasteiger partial charge in [0.15, 0.2) is 0 Å². The van der Waals surface area contributed by atoms with Gasteiger partial charge in [0.1, 0.15) is 10.5 Å². The van der Waals surface area contributed by atoms with Crippen molar-refractivity contribution in [1.82, 2.24) is 14.5 Å². The van der Waals surface area contributed by atoms with Gasteiger partial charge in [-0.2, -0.15) is 0 Å². The smallest absolute Gasteiger partial charge is 0.338 e. The minimum Gasteiger partial charge on any atom is -0.463 e. The number of hydrogen-bond donors (Lipinski definition) is 1. The van der Waals surface area contributed by atoms with Crippen LogP contribution in [0.4, 0.5) is 0 Å². The Kier molecular flexibility index (Phi) is 6.69. The molecule has 0 bridgehead atoms. The Hall–Kier alpha value is -4.05. The number of esters is 2. The van der Waals surface area contributed by atoms with E-state index in [2.05, 4.69) is 9.97 Å². The minimum absolute atomic E-state index is 0.0155. The molecule has 0 aromatic carbocycles. The third-order valence-electron chi connectivity index (χ3n) is 5.14. The van der Waals surface area contributed by atoms with E-state index in [1.165, 1.54) is 4.57 Å². The number of ether oxygens (including phenoxy) is 2. The summed E-state index contributed by atoms with van der Waals surface area (Å²) in [7, 11) is 0. The quantitative estimate of drug-likeness (QED) is 0.514. The van der Waals surface area contributed by atoms with Crippen LogP contribution in [0.3, 0.4) is 0 Å². The standard InChI is InChI=1S/C24H22N4O5S/c1-3-32-23(30)18-17(15-8-6-10-27-13-15)19(24(31)33-4-2)22-28(20(18)25)21(29)16(34-22)11-14-7-5-9-26-12-14/h5-13,17H,3-4,25H2,1-2H3/t17-/m0/s1. The Morgan fingerprint density at radius 1 is 1.06 bits per heavy atom. The molecule has 34 heavy (non-hydrogen) atoms. The van der Waals surface area contributed by atoms with Gasteiger partial charge in [-0.15, -0.1) is 11.3 Å². The summed E-state index contributed by atoms with van der Waals surface area (Å²) < 4.78 is 12.4. The number of carbonyl (C=O) groups is 2. The molecule has 0 amide bonds. The molecule has 0 aliphatic carbocycles. The molecule has 4 rings (SSSR count). The fourth-order valence-electron chi connectivity index (χ4n) is 3.76. The number of aromatic nitrogens is 3. The first-order chi connectivity index (χ1) is 16.5. The van der Waals surface area contributed by atoms with Gasteiger partial charge in [-0.3, -0.25) is 19.3 Å². The monoisotopic (exact) mass is 478 g/mol. The molecule has 1 atom stereocenters. The molecule has 3 aromatic heterocycles. The van der Waals surface area contributed by atoms with E-state index in [0.717, 1.165) is 11.3 Å². The summed E-state index contributed by atoms with van der Waals surface area (Å²) in [6.07, 6.45) is 8.02. The summed E-state index contributed by atoms with van der Waals surface area (Å²) in [5.74, 6) is -2.40. The maximum atomic E-state index is 13.4. The number of nitrogens with two attached hydrogens (primary N) is 1. The van der Waals surface area contributed by atoms with Crippen LogP contribution in [0.5, 0.6) is 0 Å². The molecule has 0 radical (unpaired) electrons. The molecular weight excluding hydrogens is 456 g/mol. The van der Waals surface area contributed by atoms with E-state index in [0.29, 0.717) is 15.7 Å². The average molecular weight is 479 g/mol. The largest absolute Gasteiger partial charge is 0.463 e. The highest BCUT2D eigenvalue weighted by atomic mass is 32.1. The van der Waals surface area contributed by atoms with Crippen molar-refractivity contribution >= 4 is 40.7 Å². The Bertz CT molecular complexity index is 1440. The molecule has 0 unspecified atom stereocenters. The van der Waals surface area contributed by atoms with Crippen LogP contribution in [0.15, 0.2) is 59.4 Å². The first-order valence-corrected chi connectivity index (χ1v) is 11.4. The van der Waals surface area contributed by atoms with E-state index in [1.54, 1.807) is 69.0 Å². The topological polar surface area (TPSA) is 126 Å². The molecule has 10 heteroatoms. The van der Waals surface area contributed by atoms with Crippen LogP contribution in [0.1, 0.15) is 30.9 Å². The predicted octanol–water partition coefficient (Wildman–Crippen LogP) is 0.730. The number of rotatable bonds is 6. The molecule has 0 fully saturated rings. The van der Waals surface area contributed by atoms with Gasteiger partial charge in [0.05, 0.1) is 34.8 Å². The molecule has 0 spiro atoms. The van der Waals surface area contributed by atoms with Gasteiger partial charge >= 0.3 is 11.9 Å². The molecule has 0 saturated heterocycles. The van der Waals surface area contributed by atoms with Crippen LogP contribution in [0.25, 0.3) is 17.5 Å². The van der Waals surface area contributed by atoms with E-state index in [1.807, 2.05) is 0 Å². The normalized spacial score (nSPS) is 15.8. The van der Waals surface area contributed by atoms with E-state index < -0.39 is 23.4 Å². The maximum Gasteiger partial charge on any atom is 0.338 e. The zero-order valence-electron chi connectivity index (χ0n) is 18.6. The third-order valence-corrected chi connectivity index (χ3v) is 6.25. The number of nitrogens with zero attached hydrogens (tertiary/aromatic N) is 3. The number of carbonyl (C=O) groups excluding carboxylic acids is 2. The highest BCUT2D eigenvalue weighted by Crippen LogP contribution is 2.37. The summed E-state index contributed by atoms with van der Waals surface area (Å²) in [5.41, 5.74) is 7.32. The van der Waals surface area contributed by atoms with Crippen LogP contribution in [0, 0.1) is 0 Å². The summed E-state index contributed by atoms with van der Waals surface area (Å²) >= 11 is 1.09. The van der Waals surface area contributed by atoms with Crippen LogP contribution in [-0.4, -0.2) is 39.7 Å². The first kappa shape index (κ1) is 23.1. The van der Waals surface area contributed by atoms with E-state index >= 15 is 0 Å². The van der Waals surface area contributed by atoms with Crippen LogP contribution < -0.4 is 20.5 Å². The lowest BCUT2D eigenvalue weighted by Crippen LogP contribution is -2.42. The zero-order chi connectivity index (χ0) is 24.2. The average Bonchev–Trinajstić information content (AvgIpc) is 3.16. The van der Waals surface area contributed by atoms with Crippen LogP contribution in [-0.2, 0) is 19.1 Å². The fraction of sp³-hybridized carbons (Fsp3) is 0.208. The SMILES string of the molecule is CCOC(=O)C1=C(N)n2c(sc(=Cc3cccnc3)c2=O)=C(C(=O)OCC)[C@H]1c1cccnc1. The molecule has 3 aromatic rings. The molecule has 2 N–H and O–H groups in total. The lowest BCUT2D eigenvalue weighted by molar-refractivity contribution is -0.138. The minimum atomic E-state index is -0.920. The van der Waals surface area contributed by atoms with E-state index in [4.69, 9.17) is 15.2 Å².